The molecule has 1 aliphatic heterocycles. The molecule has 5 heteroatoms. The van der Waals surface area contributed by atoms with E-state index in [1.54, 1.807) is 12.1 Å². The standard InChI is InChI=1S/C11H14BrNO2S/c1-11(2)6-13-10-8(12)4-3-5-9(10)16(14,15)7-11/h3-5,13H,6-7H2,1-2H3. The highest BCUT2D eigenvalue weighted by Gasteiger charge is 2.33. The minimum absolute atomic E-state index is 0.177. The van der Waals surface area contributed by atoms with Crippen LogP contribution in [-0.2, 0) is 9.84 Å². The second-order valence-electron chi connectivity index (χ2n) is 4.89. The van der Waals surface area contributed by atoms with Crippen LogP contribution in [0.5, 0.6) is 0 Å². The van der Waals surface area contributed by atoms with E-state index in [2.05, 4.69) is 21.2 Å². The second kappa shape index (κ2) is 3.74. The third-order valence-corrected chi connectivity index (χ3v) is 5.47. The maximum Gasteiger partial charge on any atom is 0.181 e. The molecule has 1 aromatic rings. The zero-order chi connectivity index (χ0) is 12.0. The van der Waals surface area contributed by atoms with Gasteiger partial charge in [0, 0.05) is 11.0 Å². The van der Waals surface area contributed by atoms with Crippen LogP contribution in [0.3, 0.4) is 0 Å². The Kier molecular flexibility index (Phi) is 2.78. The van der Waals surface area contributed by atoms with Crippen LogP contribution in [0.15, 0.2) is 27.6 Å². The average Bonchev–Trinajstić information content (AvgIpc) is 2.22. The van der Waals surface area contributed by atoms with E-state index < -0.39 is 9.84 Å². The quantitative estimate of drug-likeness (QED) is 0.801. The summed E-state index contributed by atoms with van der Waals surface area (Å²) in [6, 6.07) is 5.25. The molecule has 0 aromatic heterocycles. The van der Waals surface area contributed by atoms with Gasteiger partial charge in [-0.2, -0.15) is 0 Å². The molecular formula is C11H14BrNO2S. The molecule has 0 saturated carbocycles. The number of nitrogens with one attached hydrogen (secondary N) is 1. The van der Waals surface area contributed by atoms with Gasteiger partial charge in [0.25, 0.3) is 0 Å². The van der Waals surface area contributed by atoms with Gasteiger partial charge in [0.1, 0.15) is 0 Å². The highest BCUT2D eigenvalue weighted by molar-refractivity contribution is 9.10. The Balaban J connectivity index is 2.64. The van der Waals surface area contributed by atoms with Crippen LogP contribution in [0.1, 0.15) is 13.8 Å². The first-order valence-electron chi connectivity index (χ1n) is 5.07. The molecule has 0 saturated heterocycles. The van der Waals surface area contributed by atoms with Crippen LogP contribution >= 0.6 is 15.9 Å². The van der Waals surface area contributed by atoms with Gasteiger partial charge in [-0.1, -0.05) is 19.9 Å². The molecule has 2 rings (SSSR count). The lowest BCUT2D eigenvalue weighted by atomic mass is 9.96. The largest absolute Gasteiger partial charge is 0.383 e. The van der Waals surface area contributed by atoms with Crippen LogP contribution in [-0.4, -0.2) is 20.7 Å². The summed E-state index contributed by atoms with van der Waals surface area (Å²) in [6.45, 7) is 4.57. The van der Waals surface area contributed by atoms with Gasteiger partial charge in [-0.15, -0.1) is 0 Å². The molecule has 0 bridgehead atoms. The second-order valence-corrected chi connectivity index (χ2v) is 7.70. The summed E-state index contributed by atoms with van der Waals surface area (Å²) in [5.41, 5.74) is 0.435. The molecule has 0 unspecified atom stereocenters. The summed E-state index contributed by atoms with van der Waals surface area (Å²) in [7, 11) is -3.20. The Morgan fingerprint density at radius 2 is 2.06 bits per heavy atom. The average molecular weight is 304 g/mol. The van der Waals surface area contributed by atoms with Gasteiger partial charge in [-0.25, -0.2) is 8.42 Å². The minimum atomic E-state index is -3.20. The number of fused-ring (bicyclic) bond motifs is 1. The Labute approximate surface area is 104 Å². The van der Waals surface area contributed by atoms with Crippen molar-refractivity contribution in [1.82, 2.24) is 0 Å². The number of hydrogen-bond acceptors (Lipinski definition) is 3. The fourth-order valence-corrected chi connectivity index (χ4v) is 4.61. The normalized spacial score (nSPS) is 21.7. The van der Waals surface area contributed by atoms with Crippen molar-refractivity contribution in [1.29, 1.82) is 0 Å². The van der Waals surface area contributed by atoms with Crippen molar-refractivity contribution in [2.75, 3.05) is 17.6 Å². The molecule has 0 fully saturated rings. The molecule has 0 radical (unpaired) electrons. The van der Waals surface area contributed by atoms with E-state index in [0.29, 0.717) is 17.1 Å². The summed E-state index contributed by atoms with van der Waals surface area (Å²) in [5, 5.41) is 3.21. The fraction of sp³-hybridized carbons (Fsp3) is 0.455. The minimum Gasteiger partial charge on any atom is -0.383 e. The van der Waals surface area contributed by atoms with Crippen molar-refractivity contribution < 1.29 is 8.42 Å². The number of benzene rings is 1. The molecule has 88 valence electrons. The smallest absolute Gasteiger partial charge is 0.181 e. The Bertz CT molecular complexity index is 523. The van der Waals surface area contributed by atoms with E-state index in [9.17, 15) is 8.42 Å². The molecule has 1 aliphatic rings. The number of para-hydroxylation sites is 1. The lowest BCUT2D eigenvalue weighted by Crippen LogP contribution is -2.28. The maximum absolute atomic E-state index is 12.2. The van der Waals surface area contributed by atoms with E-state index in [-0.39, 0.29) is 11.2 Å². The van der Waals surface area contributed by atoms with E-state index in [0.717, 1.165) is 4.47 Å². The predicted molar refractivity (Wildman–Crippen MR) is 68.5 cm³/mol. The summed E-state index contributed by atoms with van der Waals surface area (Å²) < 4.78 is 25.2. The molecule has 0 amide bonds. The third kappa shape index (κ3) is 2.11. The van der Waals surface area contributed by atoms with Crippen LogP contribution in [0.4, 0.5) is 5.69 Å². The first-order chi connectivity index (χ1) is 7.32. The molecule has 1 aromatic carbocycles. The van der Waals surface area contributed by atoms with E-state index in [4.69, 9.17) is 0 Å². The third-order valence-electron chi connectivity index (χ3n) is 2.63. The number of rotatable bonds is 0. The SMILES string of the molecule is CC1(C)CNc2c(Br)cccc2S(=O)(=O)C1. The molecular weight excluding hydrogens is 290 g/mol. The van der Waals surface area contributed by atoms with E-state index in [1.165, 1.54) is 0 Å². The van der Waals surface area contributed by atoms with Crippen molar-refractivity contribution in [3.05, 3.63) is 22.7 Å². The van der Waals surface area contributed by atoms with Crippen molar-refractivity contribution in [2.45, 2.75) is 18.7 Å². The summed E-state index contributed by atoms with van der Waals surface area (Å²) in [5.74, 6) is 0.177. The van der Waals surface area contributed by atoms with Crippen molar-refractivity contribution in [2.24, 2.45) is 5.41 Å². The molecule has 1 N–H and O–H groups in total. The van der Waals surface area contributed by atoms with Crippen LogP contribution in [0.2, 0.25) is 0 Å². The Morgan fingerprint density at radius 3 is 2.75 bits per heavy atom. The topological polar surface area (TPSA) is 46.2 Å². The highest BCUT2D eigenvalue weighted by atomic mass is 79.9. The Morgan fingerprint density at radius 1 is 1.38 bits per heavy atom. The van der Waals surface area contributed by atoms with Crippen LogP contribution in [0.25, 0.3) is 0 Å². The summed E-state index contributed by atoms with van der Waals surface area (Å²) in [6.07, 6.45) is 0. The van der Waals surface area contributed by atoms with Gasteiger partial charge in [-0.05, 0) is 33.5 Å². The number of sulfone groups is 1. The van der Waals surface area contributed by atoms with Crippen molar-refractivity contribution in [3.8, 4) is 0 Å². The zero-order valence-electron chi connectivity index (χ0n) is 9.25. The number of hydrogen-bond donors (Lipinski definition) is 1. The maximum atomic E-state index is 12.2. The van der Waals surface area contributed by atoms with Crippen molar-refractivity contribution >= 4 is 31.5 Å². The first kappa shape index (κ1) is 11.9. The predicted octanol–water partition coefficient (Wildman–Crippen LogP) is 2.67. The molecule has 3 nitrogen and oxygen atoms in total. The molecule has 16 heavy (non-hydrogen) atoms. The summed E-state index contributed by atoms with van der Waals surface area (Å²) >= 11 is 3.38. The lowest BCUT2D eigenvalue weighted by molar-refractivity contribution is 0.442. The van der Waals surface area contributed by atoms with Crippen LogP contribution < -0.4 is 5.32 Å². The number of anilines is 1. The van der Waals surface area contributed by atoms with Gasteiger partial charge in [0.05, 0.1) is 16.3 Å². The van der Waals surface area contributed by atoms with Crippen LogP contribution in [0, 0.1) is 5.41 Å². The number of halogens is 1. The monoisotopic (exact) mass is 303 g/mol. The molecule has 0 spiro atoms. The molecule has 0 atom stereocenters. The van der Waals surface area contributed by atoms with Crippen molar-refractivity contribution in [3.63, 3.8) is 0 Å². The highest BCUT2D eigenvalue weighted by Crippen LogP contribution is 2.36. The van der Waals surface area contributed by atoms with E-state index in [1.807, 2.05) is 19.9 Å². The molecule has 1 heterocycles. The van der Waals surface area contributed by atoms with Gasteiger partial charge in [-0.3, -0.25) is 0 Å². The zero-order valence-corrected chi connectivity index (χ0v) is 11.7. The van der Waals surface area contributed by atoms with Gasteiger partial charge >= 0.3 is 0 Å². The van der Waals surface area contributed by atoms with Gasteiger partial charge in [0.2, 0.25) is 0 Å². The fourth-order valence-electron chi connectivity index (χ4n) is 1.91. The lowest BCUT2D eigenvalue weighted by Gasteiger charge is -2.21. The van der Waals surface area contributed by atoms with Gasteiger partial charge < -0.3 is 5.32 Å². The Hall–Kier alpha value is -0.550. The first-order valence-corrected chi connectivity index (χ1v) is 7.52. The van der Waals surface area contributed by atoms with E-state index >= 15 is 0 Å². The van der Waals surface area contributed by atoms with Gasteiger partial charge in [0.15, 0.2) is 9.84 Å². The summed E-state index contributed by atoms with van der Waals surface area (Å²) in [4.78, 5) is 0.396. The molecule has 0 aliphatic carbocycles.